The van der Waals surface area contributed by atoms with E-state index in [0.717, 1.165) is 0 Å². The van der Waals surface area contributed by atoms with E-state index in [1.165, 1.54) is 6.39 Å². The number of anilines is 2. The van der Waals surface area contributed by atoms with Gasteiger partial charge in [0.1, 0.15) is 5.82 Å². The molecule has 0 unspecified atom stereocenters. The molecule has 8 nitrogen and oxygen atoms in total. The molecule has 0 aliphatic heterocycles. The fraction of sp³-hybridized carbons (Fsp3) is 0.143. The van der Waals surface area contributed by atoms with Crippen molar-refractivity contribution in [3.8, 4) is 0 Å². The normalized spacial score (nSPS) is 9.93. The molecular formula is C7H9N7O. The van der Waals surface area contributed by atoms with E-state index in [4.69, 9.17) is 5.84 Å². The second kappa shape index (κ2) is 4.33. The fourth-order valence-electron chi connectivity index (χ4n) is 0.967. The minimum atomic E-state index is 0.341. The zero-order chi connectivity index (χ0) is 10.5. The van der Waals surface area contributed by atoms with Gasteiger partial charge in [0, 0.05) is 6.20 Å². The second-order valence-electron chi connectivity index (χ2n) is 2.61. The van der Waals surface area contributed by atoms with Crippen molar-refractivity contribution in [1.29, 1.82) is 0 Å². The molecule has 0 saturated heterocycles. The number of hydrogen-bond donors (Lipinski definition) is 3. The van der Waals surface area contributed by atoms with Crippen molar-refractivity contribution >= 4 is 11.8 Å². The molecule has 0 saturated carbocycles. The van der Waals surface area contributed by atoms with Gasteiger partial charge in [-0.2, -0.15) is 9.97 Å². The van der Waals surface area contributed by atoms with Crippen molar-refractivity contribution in [3.63, 3.8) is 0 Å². The van der Waals surface area contributed by atoms with Gasteiger partial charge in [0.25, 0.3) is 0 Å². The van der Waals surface area contributed by atoms with E-state index >= 15 is 0 Å². The Morgan fingerprint density at radius 3 is 3.07 bits per heavy atom. The van der Waals surface area contributed by atoms with Gasteiger partial charge < -0.3 is 9.84 Å². The van der Waals surface area contributed by atoms with Crippen LogP contribution in [0, 0.1) is 0 Å². The second-order valence-corrected chi connectivity index (χ2v) is 2.61. The standard InChI is InChI=1S/C7H9N7O/c8-13-7-9-2-1-5(12-7)10-3-6-11-4-15-14-6/h1-2,4H,3,8H2,(H2,9,10,12,13). The fourth-order valence-corrected chi connectivity index (χ4v) is 0.967. The number of aromatic nitrogens is 4. The van der Waals surface area contributed by atoms with Crippen LogP contribution in [0.25, 0.3) is 0 Å². The molecule has 0 atom stereocenters. The highest BCUT2D eigenvalue weighted by atomic mass is 16.5. The van der Waals surface area contributed by atoms with E-state index in [2.05, 4.69) is 35.4 Å². The Hall–Kier alpha value is -2.22. The molecule has 2 aromatic rings. The number of rotatable bonds is 4. The Labute approximate surface area is 84.9 Å². The molecule has 0 bridgehead atoms. The van der Waals surface area contributed by atoms with Crippen LogP contribution in [-0.4, -0.2) is 20.1 Å². The van der Waals surface area contributed by atoms with Gasteiger partial charge in [-0.1, -0.05) is 5.16 Å². The SMILES string of the molecule is NNc1nccc(NCc2ncon2)n1. The quantitative estimate of drug-likeness (QED) is 0.464. The summed E-state index contributed by atoms with van der Waals surface area (Å²) in [6.07, 6.45) is 2.85. The minimum Gasteiger partial charge on any atom is -0.362 e. The molecular weight excluding hydrogens is 198 g/mol. The molecule has 78 valence electrons. The van der Waals surface area contributed by atoms with E-state index in [0.29, 0.717) is 24.1 Å². The number of nitrogens with one attached hydrogen (secondary N) is 2. The molecule has 0 aliphatic rings. The van der Waals surface area contributed by atoms with Crippen LogP contribution in [0.15, 0.2) is 23.2 Å². The molecule has 0 aliphatic carbocycles. The number of hydrogen-bond acceptors (Lipinski definition) is 8. The number of nitrogens with two attached hydrogens (primary N) is 1. The van der Waals surface area contributed by atoms with E-state index in [1.807, 2.05) is 0 Å². The summed E-state index contributed by atoms with van der Waals surface area (Å²) in [4.78, 5) is 11.8. The molecule has 2 aromatic heterocycles. The summed E-state index contributed by atoms with van der Waals surface area (Å²) in [5.41, 5.74) is 2.35. The molecule has 0 amide bonds. The van der Waals surface area contributed by atoms with Crippen LogP contribution >= 0.6 is 0 Å². The molecule has 15 heavy (non-hydrogen) atoms. The molecule has 0 fully saturated rings. The van der Waals surface area contributed by atoms with Crippen molar-refractivity contribution < 1.29 is 4.52 Å². The zero-order valence-corrected chi connectivity index (χ0v) is 7.71. The number of hydrazine groups is 1. The van der Waals surface area contributed by atoms with Crippen molar-refractivity contribution in [2.24, 2.45) is 5.84 Å². The lowest BCUT2D eigenvalue weighted by molar-refractivity contribution is 0.411. The first kappa shape index (κ1) is 9.34. The van der Waals surface area contributed by atoms with Crippen molar-refractivity contribution in [2.45, 2.75) is 6.54 Å². The molecule has 0 radical (unpaired) electrons. The third-order valence-electron chi connectivity index (χ3n) is 1.62. The zero-order valence-electron chi connectivity index (χ0n) is 7.71. The van der Waals surface area contributed by atoms with Crippen LogP contribution in [0.3, 0.4) is 0 Å². The Morgan fingerprint density at radius 2 is 2.33 bits per heavy atom. The van der Waals surface area contributed by atoms with Crippen LogP contribution in [0.1, 0.15) is 5.82 Å². The Bertz CT molecular complexity index is 415. The van der Waals surface area contributed by atoms with Crippen molar-refractivity contribution in [1.82, 2.24) is 20.1 Å². The minimum absolute atomic E-state index is 0.341. The average Bonchev–Trinajstić information content (AvgIpc) is 2.79. The number of nitrogens with zero attached hydrogens (tertiary/aromatic N) is 4. The van der Waals surface area contributed by atoms with E-state index in [9.17, 15) is 0 Å². The highest BCUT2D eigenvalue weighted by Crippen LogP contribution is 2.05. The summed E-state index contributed by atoms with van der Waals surface area (Å²) in [5.74, 6) is 6.69. The summed E-state index contributed by atoms with van der Waals surface area (Å²) in [7, 11) is 0. The van der Waals surface area contributed by atoms with Crippen molar-refractivity contribution in [2.75, 3.05) is 10.7 Å². The first-order valence-electron chi connectivity index (χ1n) is 4.17. The molecule has 2 heterocycles. The van der Waals surface area contributed by atoms with Gasteiger partial charge in [-0.15, -0.1) is 0 Å². The maximum Gasteiger partial charge on any atom is 0.239 e. The molecule has 4 N–H and O–H groups in total. The maximum absolute atomic E-state index is 5.17. The summed E-state index contributed by atoms with van der Waals surface area (Å²) in [6.45, 7) is 0.428. The molecule has 0 aromatic carbocycles. The van der Waals surface area contributed by atoms with E-state index in [-0.39, 0.29) is 0 Å². The topological polar surface area (TPSA) is 115 Å². The lowest BCUT2D eigenvalue weighted by Crippen LogP contribution is -2.11. The van der Waals surface area contributed by atoms with Crippen LogP contribution < -0.4 is 16.6 Å². The van der Waals surface area contributed by atoms with Gasteiger partial charge >= 0.3 is 0 Å². The van der Waals surface area contributed by atoms with Crippen LogP contribution in [0.5, 0.6) is 0 Å². The highest BCUT2D eigenvalue weighted by Gasteiger charge is 2.00. The lowest BCUT2D eigenvalue weighted by Gasteiger charge is -2.03. The third-order valence-corrected chi connectivity index (χ3v) is 1.62. The summed E-state index contributed by atoms with van der Waals surface area (Å²) >= 11 is 0. The highest BCUT2D eigenvalue weighted by molar-refractivity contribution is 5.38. The average molecular weight is 207 g/mol. The molecule has 2 rings (SSSR count). The van der Waals surface area contributed by atoms with Gasteiger partial charge in [0.15, 0.2) is 5.82 Å². The van der Waals surface area contributed by atoms with E-state index < -0.39 is 0 Å². The maximum atomic E-state index is 5.17. The predicted molar refractivity (Wildman–Crippen MR) is 51.5 cm³/mol. The Kier molecular flexibility index (Phi) is 2.70. The van der Waals surface area contributed by atoms with Crippen molar-refractivity contribution in [3.05, 3.63) is 24.5 Å². The third kappa shape index (κ3) is 2.38. The Balaban J connectivity index is 1.98. The first-order valence-corrected chi connectivity index (χ1v) is 4.17. The lowest BCUT2D eigenvalue weighted by atomic mass is 10.5. The summed E-state index contributed by atoms with van der Waals surface area (Å²) in [5, 5.41) is 6.63. The monoisotopic (exact) mass is 207 g/mol. The van der Waals surface area contributed by atoms with E-state index in [1.54, 1.807) is 12.3 Å². The van der Waals surface area contributed by atoms with Crippen LogP contribution in [0.2, 0.25) is 0 Å². The van der Waals surface area contributed by atoms with Gasteiger partial charge in [0.05, 0.1) is 6.54 Å². The summed E-state index contributed by atoms with van der Waals surface area (Å²) < 4.78 is 4.58. The van der Waals surface area contributed by atoms with Gasteiger partial charge in [-0.3, -0.25) is 5.43 Å². The molecule has 0 spiro atoms. The predicted octanol–water partition coefficient (Wildman–Crippen LogP) is -0.243. The van der Waals surface area contributed by atoms with Crippen LogP contribution in [0.4, 0.5) is 11.8 Å². The first-order chi connectivity index (χ1) is 7.38. The largest absolute Gasteiger partial charge is 0.362 e. The smallest absolute Gasteiger partial charge is 0.239 e. The van der Waals surface area contributed by atoms with Gasteiger partial charge in [0.2, 0.25) is 12.3 Å². The summed E-state index contributed by atoms with van der Waals surface area (Å²) in [6, 6.07) is 1.71. The molecule has 8 heteroatoms. The Morgan fingerprint density at radius 1 is 1.40 bits per heavy atom. The van der Waals surface area contributed by atoms with Gasteiger partial charge in [-0.25, -0.2) is 10.8 Å². The number of nitrogen functional groups attached to an aromatic ring is 1. The van der Waals surface area contributed by atoms with Gasteiger partial charge in [-0.05, 0) is 6.07 Å². The van der Waals surface area contributed by atoms with Crippen LogP contribution in [-0.2, 0) is 6.54 Å².